The highest BCUT2D eigenvalue weighted by Crippen LogP contribution is 2.40. The molecule has 0 saturated heterocycles. The van der Waals surface area contributed by atoms with E-state index in [1.165, 1.54) is 0 Å². The number of carboxylic acids is 1. The van der Waals surface area contributed by atoms with Gasteiger partial charge in [-0.25, -0.2) is 0 Å². The molecule has 0 heterocycles. The maximum atomic E-state index is 11.6. The normalized spacial score (nSPS) is 11.2. The molecular weight excluding hydrogens is 430 g/mol. The first-order valence-corrected chi connectivity index (χ1v) is 11.5. The third-order valence-electron chi connectivity index (χ3n) is 5.44. The fraction of sp³-hybridized carbons (Fsp3) is 0.286. The number of hydrogen-bond acceptors (Lipinski definition) is 4. The molecule has 0 unspecified atom stereocenters. The second-order valence-electron chi connectivity index (χ2n) is 7.84. The van der Waals surface area contributed by atoms with E-state index < -0.39 is 11.6 Å². The lowest BCUT2D eigenvalue weighted by molar-refractivity contribution is -0.138. The van der Waals surface area contributed by atoms with Crippen LogP contribution in [0.25, 0.3) is 0 Å². The molecular formula is C28H31NO5. The van der Waals surface area contributed by atoms with Gasteiger partial charge in [-0.05, 0) is 23.1 Å². The highest BCUT2D eigenvalue weighted by atomic mass is 16.5. The zero-order chi connectivity index (χ0) is 24.1. The molecule has 0 saturated carbocycles. The average Bonchev–Trinajstić information content (AvgIpc) is 2.88. The smallest absolute Gasteiger partial charge is 0.303 e. The monoisotopic (exact) mass is 461 g/mol. The van der Waals surface area contributed by atoms with Crippen LogP contribution in [0.2, 0.25) is 0 Å². The number of carbonyl (C=O) groups is 2. The average molecular weight is 462 g/mol. The van der Waals surface area contributed by atoms with E-state index in [9.17, 15) is 9.59 Å². The maximum Gasteiger partial charge on any atom is 0.303 e. The molecule has 0 aliphatic heterocycles. The second kappa shape index (κ2) is 13.3. The SMILES string of the molecule is O=C(O)CCC(=O)NCCCOCCOC(c1ccccc1)(c1ccccc1)c1ccccc1. The van der Waals surface area contributed by atoms with Gasteiger partial charge in [-0.3, -0.25) is 9.59 Å². The number of rotatable bonds is 14. The predicted octanol–water partition coefficient (Wildman–Crippen LogP) is 4.38. The van der Waals surface area contributed by atoms with Crippen LogP contribution in [0.1, 0.15) is 36.0 Å². The quantitative estimate of drug-likeness (QED) is 0.275. The van der Waals surface area contributed by atoms with E-state index in [0.717, 1.165) is 16.7 Å². The van der Waals surface area contributed by atoms with Crippen LogP contribution in [0.4, 0.5) is 0 Å². The highest BCUT2D eigenvalue weighted by Gasteiger charge is 2.37. The van der Waals surface area contributed by atoms with Crippen molar-refractivity contribution in [3.8, 4) is 0 Å². The van der Waals surface area contributed by atoms with E-state index >= 15 is 0 Å². The van der Waals surface area contributed by atoms with Crippen molar-refractivity contribution >= 4 is 11.9 Å². The topological polar surface area (TPSA) is 84.9 Å². The Balaban J connectivity index is 1.61. The molecule has 178 valence electrons. The molecule has 34 heavy (non-hydrogen) atoms. The maximum absolute atomic E-state index is 11.6. The van der Waals surface area contributed by atoms with Gasteiger partial charge >= 0.3 is 5.97 Å². The van der Waals surface area contributed by atoms with Gasteiger partial charge in [0.1, 0.15) is 5.60 Å². The Bertz CT molecular complexity index is 912. The molecule has 0 fully saturated rings. The molecule has 6 nitrogen and oxygen atoms in total. The lowest BCUT2D eigenvalue weighted by Gasteiger charge is -2.36. The summed E-state index contributed by atoms with van der Waals surface area (Å²) >= 11 is 0. The minimum atomic E-state index is -0.976. The molecule has 0 aliphatic rings. The fourth-order valence-electron chi connectivity index (χ4n) is 3.84. The summed E-state index contributed by atoms with van der Waals surface area (Å²) in [5, 5.41) is 11.3. The van der Waals surface area contributed by atoms with Crippen molar-refractivity contribution in [2.45, 2.75) is 24.9 Å². The Kier molecular flexibility index (Phi) is 9.82. The van der Waals surface area contributed by atoms with Crippen LogP contribution in [0.3, 0.4) is 0 Å². The number of hydrogen-bond donors (Lipinski definition) is 2. The van der Waals surface area contributed by atoms with Gasteiger partial charge in [0.15, 0.2) is 0 Å². The van der Waals surface area contributed by atoms with E-state index in [2.05, 4.69) is 41.7 Å². The van der Waals surface area contributed by atoms with Crippen LogP contribution in [0, 0.1) is 0 Å². The van der Waals surface area contributed by atoms with E-state index in [0.29, 0.717) is 32.8 Å². The summed E-state index contributed by atoms with van der Waals surface area (Å²) in [5.41, 5.74) is 2.34. The highest BCUT2D eigenvalue weighted by molar-refractivity contribution is 5.80. The zero-order valence-electron chi connectivity index (χ0n) is 19.2. The Morgan fingerprint density at radius 1 is 0.706 bits per heavy atom. The summed E-state index contributed by atoms with van der Waals surface area (Å²) in [4.78, 5) is 22.1. The van der Waals surface area contributed by atoms with Gasteiger partial charge in [0, 0.05) is 19.6 Å². The Hall–Kier alpha value is -3.48. The standard InChI is InChI=1S/C28H31NO5/c30-26(17-18-27(31)32)29-19-10-20-33-21-22-34-28(23-11-4-1-5-12-23,24-13-6-2-7-14-24)25-15-8-3-9-16-25/h1-9,11-16H,10,17-22H2,(H,29,30)(H,31,32). The molecule has 2 N–H and O–H groups in total. The number of aliphatic carboxylic acids is 1. The van der Waals surface area contributed by atoms with E-state index in [1.54, 1.807) is 0 Å². The number of amides is 1. The van der Waals surface area contributed by atoms with Crippen molar-refractivity contribution in [3.05, 3.63) is 108 Å². The largest absolute Gasteiger partial charge is 0.481 e. The molecule has 0 aromatic heterocycles. The lowest BCUT2D eigenvalue weighted by Crippen LogP contribution is -2.34. The molecule has 0 spiro atoms. The zero-order valence-corrected chi connectivity index (χ0v) is 19.2. The van der Waals surface area contributed by atoms with Crippen LogP contribution in [0.15, 0.2) is 91.0 Å². The first kappa shape index (κ1) is 25.1. The summed E-state index contributed by atoms with van der Waals surface area (Å²) in [6.07, 6.45) is 0.468. The van der Waals surface area contributed by atoms with E-state index in [1.807, 2.05) is 54.6 Å². The molecule has 0 bridgehead atoms. The third-order valence-corrected chi connectivity index (χ3v) is 5.44. The number of benzene rings is 3. The minimum Gasteiger partial charge on any atom is -0.481 e. The van der Waals surface area contributed by atoms with Crippen molar-refractivity contribution in [2.75, 3.05) is 26.4 Å². The molecule has 1 amide bonds. The Morgan fingerprint density at radius 3 is 1.68 bits per heavy atom. The summed E-state index contributed by atoms with van der Waals surface area (Å²) in [6.45, 7) is 1.70. The summed E-state index contributed by atoms with van der Waals surface area (Å²) in [5.74, 6) is -1.24. The van der Waals surface area contributed by atoms with Crippen molar-refractivity contribution in [1.82, 2.24) is 5.32 Å². The van der Waals surface area contributed by atoms with Gasteiger partial charge in [0.05, 0.1) is 19.6 Å². The molecule has 0 aliphatic carbocycles. The van der Waals surface area contributed by atoms with Crippen molar-refractivity contribution in [1.29, 1.82) is 0 Å². The van der Waals surface area contributed by atoms with Crippen molar-refractivity contribution < 1.29 is 24.2 Å². The Labute approximate surface area is 200 Å². The molecule has 6 heteroatoms. The van der Waals surface area contributed by atoms with Crippen LogP contribution < -0.4 is 5.32 Å². The Morgan fingerprint density at radius 2 is 1.21 bits per heavy atom. The van der Waals surface area contributed by atoms with Gasteiger partial charge in [-0.1, -0.05) is 91.0 Å². The molecule has 3 rings (SSSR count). The summed E-state index contributed by atoms with van der Waals surface area (Å²) in [7, 11) is 0. The van der Waals surface area contributed by atoms with Crippen molar-refractivity contribution in [2.24, 2.45) is 0 Å². The van der Waals surface area contributed by atoms with Gasteiger partial charge in [0.2, 0.25) is 5.91 Å². The molecule has 3 aromatic rings. The van der Waals surface area contributed by atoms with Crippen LogP contribution >= 0.6 is 0 Å². The molecule has 0 atom stereocenters. The van der Waals surface area contributed by atoms with Crippen LogP contribution in [-0.4, -0.2) is 43.3 Å². The van der Waals surface area contributed by atoms with Crippen LogP contribution in [0.5, 0.6) is 0 Å². The van der Waals surface area contributed by atoms with Gasteiger partial charge in [-0.2, -0.15) is 0 Å². The first-order valence-electron chi connectivity index (χ1n) is 11.5. The number of carbonyl (C=O) groups excluding carboxylic acids is 1. The van der Waals surface area contributed by atoms with E-state index in [-0.39, 0.29) is 18.7 Å². The molecule has 3 aromatic carbocycles. The molecule has 0 radical (unpaired) electrons. The number of nitrogens with one attached hydrogen (secondary N) is 1. The minimum absolute atomic E-state index is 0.00935. The van der Waals surface area contributed by atoms with Gasteiger partial charge in [0.25, 0.3) is 0 Å². The number of ether oxygens (including phenoxy) is 2. The lowest BCUT2D eigenvalue weighted by atomic mass is 9.80. The summed E-state index contributed by atoms with van der Waals surface area (Å²) < 4.78 is 12.4. The first-order chi connectivity index (χ1) is 16.6. The predicted molar refractivity (Wildman–Crippen MR) is 130 cm³/mol. The number of carboxylic acid groups (broad SMARTS) is 1. The summed E-state index contributed by atoms with van der Waals surface area (Å²) in [6, 6.07) is 30.5. The van der Waals surface area contributed by atoms with Gasteiger partial charge < -0.3 is 19.9 Å². The third kappa shape index (κ3) is 7.01. The van der Waals surface area contributed by atoms with Crippen molar-refractivity contribution in [3.63, 3.8) is 0 Å². The van der Waals surface area contributed by atoms with Gasteiger partial charge in [-0.15, -0.1) is 0 Å². The van der Waals surface area contributed by atoms with Crippen LogP contribution in [-0.2, 0) is 24.7 Å². The second-order valence-corrected chi connectivity index (χ2v) is 7.84. The van der Waals surface area contributed by atoms with E-state index in [4.69, 9.17) is 14.6 Å². The fourth-order valence-corrected chi connectivity index (χ4v) is 3.84.